The first-order chi connectivity index (χ1) is 16.0. The van der Waals surface area contributed by atoms with Crippen LogP contribution in [0.25, 0.3) is 20.7 Å². The zero-order valence-electron chi connectivity index (χ0n) is 18.0. The van der Waals surface area contributed by atoms with Gasteiger partial charge in [-0.25, -0.2) is 4.98 Å². The van der Waals surface area contributed by atoms with E-state index in [1.807, 2.05) is 48.5 Å². The van der Waals surface area contributed by atoms with Gasteiger partial charge in [0.05, 0.1) is 11.1 Å². The quantitative estimate of drug-likeness (QED) is 0.228. The molecule has 4 aromatic rings. The lowest BCUT2D eigenvalue weighted by molar-refractivity contribution is -0.117. The Labute approximate surface area is 198 Å². The number of rotatable bonds is 6. The van der Waals surface area contributed by atoms with Gasteiger partial charge in [-0.05, 0) is 42.3 Å². The van der Waals surface area contributed by atoms with Gasteiger partial charge in [-0.3, -0.25) is 19.0 Å². The molecular formula is C25H21N3O3S2. The van der Waals surface area contributed by atoms with Crippen LogP contribution in [0.1, 0.15) is 23.2 Å². The second kappa shape index (κ2) is 8.96. The van der Waals surface area contributed by atoms with E-state index in [2.05, 4.69) is 4.98 Å². The van der Waals surface area contributed by atoms with Crippen molar-refractivity contribution in [2.24, 2.45) is 7.05 Å². The molecule has 8 heteroatoms. The molecule has 0 aliphatic carbocycles. The third-order valence-corrected chi connectivity index (χ3v) is 7.80. The molecule has 0 N–H and O–H groups in total. The van der Waals surface area contributed by atoms with E-state index in [4.69, 9.17) is 0 Å². The van der Waals surface area contributed by atoms with E-state index in [0.29, 0.717) is 27.4 Å². The molecule has 3 heterocycles. The molecule has 1 saturated heterocycles. The fourth-order valence-electron chi connectivity index (χ4n) is 3.88. The Morgan fingerprint density at radius 1 is 1.09 bits per heavy atom. The summed E-state index contributed by atoms with van der Waals surface area (Å²) in [5.74, 6) is 0.242. The van der Waals surface area contributed by atoms with Crippen molar-refractivity contribution in [3.8, 4) is 10.4 Å². The summed E-state index contributed by atoms with van der Waals surface area (Å²) in [6, 6.07) is 18.9. The lowest BCUT2D eigenvalue weighted by atomic mass is 10.1. The van der Waals surface area contributed by atoms with E-state index in [-0.39, 0.29) is 23.0 Å². The predicted octanol–water partition coefficient (Wildman–Crippen LogP) is 4.76. The number of carbonyl (C=O) groups is 2. The van der Waals surface area contributed by atoms with Crippen molar-refractivity contribution in [3.63, 3.8) is 0 Å². The van der Waals surface area contributed by atoms with Gasteiger partial charge in [0.1, 0.15) is 4.83 Å². The molecule has 0 bridgehead atoms. The Morgan fingerprint density at radius 2 is 1.85 bits per heavy atom. The number of hydrogen-bond donors (Lipinski definition) is 0. The van der Waals surface area contributed by atoms with E-state index in [9.17, 15) is 14.4 Å². The number of benzene rings is 2. The second-order valence-electron chi connectivity index (χ2n) is 7.86. The summed E-state index contributed by atoms with van der Waals surface area (Å²) in [4.78, 5) is 45.6. The first-order valence-corrected chi connectivity index (χ1v) is 12.4. The highest BCUT2D eigenvalue weighted by Crippen LogP contribution is 2.32. The molecule has 0 atom stereocenters. The van der Waals surface area contributed by atoms with Gasteiger partial charge in [-0.15, -0.1) is 11.3 Å². The third kappa shape index (κ3) is 4.24. The standard InChI is InChI=1S/C25H21N3O3S2/c1-27-24(31)19-14-21(17-6-3-2-4-7-17)33-23(19)26-25(27)32-15-20(29)16-9-11-18(12-10-16)28-13-5-8-22(28)30/h2-4,6-7,9-12,14H,5,8,13,15H2,1H3. The minimum Gasteiger partial charge on any atom is -0.312 e. The number of fused-ring (bicyclic) bond motifs is 1. The summed E-state index contributed by atoms with van der Waals surface area (Å²) in [6.07, 6.45) is 1.44. The van der Waals surface area contributed by atoms with Crippen LogP contribution >= 0.6 is 23.1 Å². The molecule has 0 radical (unpaired) electrons. The Balaban J connectivity index is 1.33. The highest BCUT2D eigenvalue weighted by atomic mass is 32.2. The molecule has 2 aromatic heterocycles. The van der Waals surface area contributed by atoms with Crippen LogP contribution in [0, 0.1) is 0 Å². The van der Waals surface area contributed by atoms with Crippen molar-refractivity contribution in [2.45, 2.75) is 18.0 Å². The molecule has 0 unspecified atom stereocenters. The summed E-state index contributed by atoms with van der Waals surface area (Å²) in [5, 5.41) is 1.10. The van der Waals surface area contributed by atoms with Crippen molar-refractivity contribution < 1.29 is 9.59 Å². The molecule has 1 amide bonds. The first kappa shape index (κ1) is 21.6. The molecule has 1 aliphatic rings. The third-order valence-electron chi connectivity index (χ3n) is 5.70. The maximum atomic E-state index is 12.9. The summed E-state index contributed by atoms with van der Waals surface area (Å²) in [7, 11) is 1.68. The molecule has 2 aromatic carbocycles. The minimum atomic E-state index is -0.118. The average Bonchev–Trinajstić information content (AvgIpc) is 3.47. The van der Waals surface area contributed by atoms with Crippen molar-refractivity contribution in [1.29, 1.82) is 0 Å². The van der Waals surface area contributed by atoms with E-state index in [1.165, 1.54) is 27.7 Å². The number of aromatic nitrogens is 2. The summed E-state index contributed by atoms with van der Waals surface area (Å²) >= 11 is 2.74. The molecule has 1 aliphatic heterocycles. The molecule has 166 valence electrons. The van der Waals surface area contributed by atoms with E-state index < -0.39 is 0 Å². The number of Topliss-reactive ketones (excluding diaryl/α,β-unsaturated/α-hetero) is 1. The SMILES string of the molecule is Cn1c(SCC(=O)c2ccc(N3CCCC3=O)cc2)nc2sc(-c3ccccc3)cc2c1=O. The monoisotopic (exact) mass is 475 g/mol. The summed E-state index contributed by atoms with van der Waals surface area (Å²) in [5.41, 5.74) is 2.33. The highest BCUT2D eigenvalue weighted by Gasteiger charge is 2.22. The van der Waals surface area contributed by atoms with Gasteiger partial charge in [0.2, 0.25) is 5.91 Å². The summed E-state index contributed by atoms with van der Waals surface area (Å²) < 4.78 is 1.50. The molecule has 5 rings (SSSR count). The molecule has 6 nitrogen and oxygen atoms in total. The molecular weight excluding hydrogens is 454 g/mol. The highest BCUT2D eigenvalue weighted by molar-refractivity contribution is 7.99. The maximum absolute atomic E-state index is 12.9. The Hall–Kier alpha value is -3.23. The van der Waals surface area contributed by atoms with Gasteiger partial charge in [-0.1, -0.05) is 42.1 Å². The molecule has 1 fully saturated rings. The smallest absolute Gasteiger partial charge is 0.262 e. The largest absolute Gasteiger partial charge is 0.312 e. The van der Waals surface area contributed by atoms with Crippen LogP contribution in [0.4, 0.5) is 5.69 Å². The van der Waals surface area contributed by atoms with Gasteiger partial charge < -0.3 is 4.90 Å². The minimum absolute atomic E-state index is 0.0511. The Morgan fingerprint density at radius 3 is 2.55 bits per heavy atom. The number of thiophene rings is 1. The van der Waals surface area contributed by atoms with Crippen molar-refractivity contribution in [3.05, 3.63) is 76.6 Å². The van der Waals surface area contributed by atoms with Crippen molar-refractivity contribution in [1.82, 2.24) is 9.55 Å². The van der Waals surface area contributed by atoms with Gasteiger partial charge >= 0.3 is 0 Å². The van der Waals surface area contributed by atoms with Crippen molar-refractivity contribution in [2.75, 3.05) is 17.2 Å². The van der Waals surface area contributed by atoms with E-state index in [0.717, 1.165) is 29.1 Å². The van der Waals surface area contributed by atoms with Crippen LogP contribution < -0.4 is 10.5 Å². The topological polar surface area (TPSA) is 72.3 Å². The van der Waals surface area contributed by atoms with Gasteiger partial charge in [-0.2, -0.15) is 0 Å². The number of amides is 1. The predicted molar refractivity (Wildman–Crippen MR) is 133 cm³/mol. The van der Waals surface area contributed by atoms with Crippen LogP contribution in [0.2, 0.25) is 0 Å². The number of carbonyl (C=O) groups excluding carboxylic acids is 2. The van der Waals surface area contributed by atoms with Gasteiger partial charge in [0, 0.05) is 36.1 Å². The zero-order chi connectivity index (χ0) is 22.9. The fraction of sp³-hybridized carbons (Fsp3) is 0.200. The lowest BCUT2D eigenvalue weighted by Gasteiger charge is -2.15. The number of nitrogens with zero attached hydrogens (tertiary/aromatic N) is 3. The number of ketones is 1. The van der Waals surface area contributed by atoms with Crippen LogP contribution in [0.3, 0.4) is 0 Å². The van der Waals surface area contributed by atoms with Crippen LogP contribution in [-0.2, 0) is 11.8 Å². The van der Waals surface area contributed by atoms with E-state index in [1.54, 1.807) is 24.1 Å². The number of hydrogen-bond acceptors (Lipinski definition) is 6. The average molecular weight is 476 g/mol. The Bertz CT molecular complexity index is 1410. The first-order valence-electron chi connectivity index (χ1n) is 10.6. The normalized spacial score (nSPS) is 13.7. The number of thioether (sulfide) groups is 1. The van der Waals surface area contributed by atoms with Crippen molar-refractivity contribution >= 4 is 50.7 Å². The zero-order valence-corrected chi connectivity index (χ0v) is 19.6. The fourth-order valence-corrected chi connectivity index (χ4v) is 5.83. The van der Waals surface area contributed by atoms with Gasteiger partial charge in [0.25, 0.3) is 5.56 Å². The maximum Gasteiger partial charge on any atom is 0.262 e. The molecule has 0 spiro atoms. The lowest BCUT2D eigenvalue weighted by Crippen LogP contribution is -2.23. The molecule has 33 heavy (non-hydrogen) atoms. The summed E-state index contributed by atoms with van der Waals surface area (Å²) in [6.45, 7) is 0.721. The Kier molecular flexibility index (Phi) is 5.86. The second-order valence-corrected chi connectivity index (χ2v) is 9.83. The van der Waals surface area contributed by atoms with Crippen LogP contribution in [0.15, 0.2) is 70.6 Å². The van der Waals surface area contributed by atoms with Gasteiger partial charge in [0.15, 0.2) is 10.9 Å². The molecule has 0 saturated carbocycles. The van der Waals surface area contributed by atoms with E-state index >= 15 is 0 Å². The van der Waals surface area contributed by atoms with Crippen LogP contribution in [0.5, 0.6) is 0 Å². The van der Waals surface area contributed by atoms with Crippen LogP contribution in [-0.4, -0.2) is 33.5 Å². The number of anilines is 1.